The van der Waals surface area contributed by atoms with Crippen molar-refractivity contribution in [1.29, 1.82) is 0 Å². The van der Waals surface area contributed by atoms with Crippen LogP contribution in [0.2, 0.25) is 0 Å². The average molecular weight is 377 g/mol. The number of carbonyl (C=O) groups excluding carboxylic acids is 1. The fourth-order valence-electron chi connectivity index (χ4n) is 2.92. The number of piperidine rings is 1. The molecule has 0 saturated carbocycles. The zero-order valence-corrected chi connectivity index (χ0v) is 14.9. The summed E-state index contributed by atoms with van der Waals surface area (Å²) in [4.78, 5) is 14.6. The molecule has 0 radical (unpaired) electrons. The molecule has 1 fully saturated rings. The summed E-state index contributed by atoms with van der Waals surface area (Å²) in [7, 11) is 0. The summed E-state index contributed by atoms with van der Waals surface area (Å²) in [5.74, 6) is -0.0131. The number of nitrogens with zero attached hydrogens (tertiary/aromatic N) is 2. The summed E-state index contributed by atoms with van der Waals surface area (Å²) < 4.78 is 1.01. The number of hydrogen-bond donors (Lipinski definition) is 2. The van der Waals surface area contributed by atoms with Gasteiger partial charge in [0.05, 0.1) is 5.69 Å². The number of nitrogens with one attached hydrogen (secondary N) is 1. The second-order valence-corrected chi connectivity index (χ2v) is 7.70. The first-order chi connectivity index (χ1) is 10.9. The summed E-state index contributed by atoms with van der Waals surface area (Å²) in [5, 5.41) is 7.14. The van der Waals surface area contributed by atoms with Gasteiger partial charge in [-0.2, -0.15) is 5.10 Å². The maximum Gasteiger partial charge on any atom is 0.271 e. The Morgan fingerprint density at radius 2 is 2.09 bits per heavy atom. The van der Waals surface area contributed by atoms with Gasteiger partial charge in [-0.05, 0) is 30.0 Å². The molecule has 1 aromatic carbocycles. The van der Waals surface area contributed by atoms with E-state index in [2.05, 4.69) is 40.0 Å². The van der Waals surface area contributed by atoms with E-state index in [0.29, 0.717) is 18.8 Å². The average Bonchev–Trinajstić information content (AvgIpc) is 3.00. The van der Waals surface area contributed by atoms with Gasteiger partial charge in [0.25, 0.3) is 5.91 Å². The number of H-pyrrole nitrogens is 1. The van der Waals surface area contributed by atoms with Crippen LogP contribution in [0.25, 0.3) is 11.3 Å². The molecule has 1 saturated heterocycles. The Morgan fingerprint density at radius 3 is 2.74 bits per heavy atom. The number of hydrogen-bond acceptors (Lipinski definition) is 3. The van der Waals surface area contributed by atoms with Crippen LogP contribution in [0.1, 0.15) is 30.8 Å². The Kier molecular flexibility index (Phi) is 4.29. The van der Waals surface area contributed by atoms with Crippen molar-refractivity contribution in [2.75, 3.05) is 13.1 Å². The Balaban J connectivity index is 1.77. The lowest BCUT2D eigenvalue weighted by atomic mass is 9.79. The predicted molar refractivity (Wildman–Crippen MR) is 94.0 cm³/mol. The Hall–Kier alpha value is -1.66. The van der Waals surface area contributed by atoms with Crippen LogP contribution in [0.4, 0.5) is 0 Å². The molecule has 6 heteroatoms. The lowest BCUT2D eigenvalue weighted by molar-refractivity contribution is 0.0527. The third-order valence-electron chi connectivity index (χ3n) is 4.55. The molecule has 1 atom stereocenters. The van der Waals surface area contributed by atoms with Gasteiger partial charge in [0.1, 0.15) is 5.69 Å². The van der Waals surface area contributed by atoms with Crippen LogP contribution < -0.4 is 5.73 Å². The molecule has 0 bridgehead atoms. The second kappa shape index (κ2) is 6.09. The largest absolute Gasteiger partial charge is 0.337 e. The molecule has 0 spiro atoms. The summed E-state index contributed by atoms with van der Waals surface area (Å²) >= 11 is 3.41. The maximum atomic E-state index is 12.7. The first-order valence-electron chi connectivity index (χ1n) is 7.73. The first-order valence-corrected chi connectivity index (χ1v) is 8.52. The normalized spacial score (nSPS) is 20.5. The number of likely N-dealkylation sites (tertiary alicyclic amines) is 1. The van der Waals surface area contributed by atoms with Crippen molar-refractivity contribution in [3.8, 4) is 11.3 Å². The first kappa shape index (κ1) is 16.2. The molecule has 122 valence electrons. The molecule has 23 heavy (non-hydrogen) atoms. The van der Waals surface area contributed by atoms with Crippen molar-refractivity contribution in [3.63, 3.8) is 0 Å². The fourth-order valence-corrected chi connectivity index (χ4v) is 3.18. The molecule has 2 aromatic rings. The zero-order chi connectivity index (χ0) is 16.6. The molecule has 2 heterocycles. The number of aromatic nitrogens is 2. The van der Waals surface area contributed by atoms with Crippen LogP contribution in [-0.4, -0.2) is 40.1 Å². The van der Waals surface area contributed by atoms with E-state index in [1.165, 1.54) is 0 Å². The minimum absolute atomic E-state index is 0.0131. The Labute approximate surface area is 144 Å². The van der Waals surface area contributed by atoms with Crippen LogP contribution >= 0.6 is 15.9 Å². The molecule has 1 aliphatic rings. The van der Waals surface area contributed by atoms with Crippen LogP contribution in [0.3, 0.4) is 0 Å². The maximum absolute atomic E-state index is 12.7. The van der Waals surface area contributed by atoms with E-state index in [0.717, 1.165) is 22.2 Å². The standard InChI is InChI=1S/C17H21BrN4O/c1-17(2)10-22(8-7-15(17)19)16(23)14-9-13(20-21-14)11-3-5-12(18)6-4-11/h3-6,9,15H,7-8,10,19H2,1-2H3,(H,20,21). The van der Waals surface area contributed by atoms with E-state index in [1.807, 2.05) is 35.2 Å². The third-order valence-corrected chi connectivity index (χ3v) is 5.08. The minimum atomic E-state index is -0.0670. The van der Waals surface area contributed by atoms with Gasteiger partial charge in [0, 0.05) is 29.2 Å². The summed E-state index contributed by atoms with van der Waals surface area (Å²) in [5.41, 5.74) is 8.35. The van der Waals surface area contributed by atoms with Crippen LogP contribution in [0.15, 0.2) is 34.8 Å². The van der Waals surface area contributed by atoms with Crippen molar-refractivity contribution in [2.24, 2.45) is 11.1 Å². The SMILES string of the molecule is CC1(C)CN(C(=O)c2cc(-c3ccc(Br)cc3)n[nH]2)CCC1N. The Morgan fingerprint density at radius 1 is 1.39 bits per heavy atom. The lowest BCUT2D eigenvalue weighted by Crippen LogP contribution is -2.54. The topological polar surface area (TPSA) is 75.0 Å². The van der Waals surface area contributed by atoms with Crippen molar-refractivity contribution < 1.29 is 4.79 Å². The fraction of sp³-hybridized carbons (Fsp3) is 0.412. The number of benzene rings is 1. The highest BCUT2D eigenvalue weighted by Gasteiger charge is 2.36. The van der Waals surface area contributed by atoms with Crippen LogP contribution in [-0.2, 0) is 0 Å². The highest BCUT2D eigenvalue weighted by molar-refractivity contribution is 9.10. The smallest absolute Gasteiger partial charge is 0.271 e. The quantitative estimate of drug-likeness (QED) is 0.845. The molecule has 1 aliphatic heterocycles. The number of halogens is 1. The third kappa shape index (κ3) is 3.33. The van der Waals surface area contributed by atoms with E-state index in [1.54, 1.807) is 0 Å². The van der Waals surface area contributed by atoms with Gasteiger partial charge in [-0.3, -0.25) is 9.89 Å². The van der Waals surface area contributed by atoms with Gasteiger partial charge in [-0.25, -0.2) is 0 Å². The van der Waals surface area contributed by atoms with Gasteiger partial charge >= 0.3 is 0 Å². The molecule has 1 aromatic heterocycles. The zero-order valence-electron chi connectivity index (χ0n) is 13.3. The van der Waals surface area contributed by atoms with E-state index in [4.69, 9.17) is 5.73 Å². The van der Waals surface area contributed by atoms with Gasteiger partial charge in [0.2, 0.25) is 0 Å². The van der Waals surface area contributed by atoms with Crippen molar-refractivity contribution in [1.82, 2.24) is 15.1 Å². The van der Waals surface area contributed by atoms with E-state index < -0.39 is 0 Å². The van der Waals surface area contributed by atoms with Crippen molar-refractivity contribution in [3.05, 3.63) is 40.5 Å². The molecular weight excluding hydrogens is 356 g/mol. The highest BCUT2D eigenvalue weighted by Crippen LogP contribution is 2.29. The predicted octanol–water partition coefficient (Wildman–Crippen LogP) is 3.04. The van der Waals surface area contributed by atoms with E-state index >= 15 is 0 Å². The lowest BCUT2D eigenvalue weighted by Gasteiger charge is -2.42. The molecule has 1 unspecified atom stereocenters. The molecule has 3 rings (SSSR count). The molecule has 0 aliphatic carbocycles. The minimum Gasteiger partial charge on any atom is -0.337 e. The Bertz CT molecular complexity index is 708. The van der Waals surface area contributed by atoms with Crippen molar-refractivity contribution >= 4 is 21.8 Å². The number of rotatable bonds is 2. The molecule has 5 nitrogen and oxygen atoms in total. The summed E-state index contributed by atoms with van der Waals surface area (Å²) in [6.07, 6.45) is 0.826. The number of amides is 1. The van der Waals surface area contributed by atoms with Crippen LogP contribution in [0.5, 0.6) is 0 Å². The molecule has 1 amide bonds. The summed E-state index contributed by atoms with van der Waals surface area (Å²) in [6, 6.07) is 9.80. The number of nitrogens with two attached hydrogens (primary N) is 1. The number of carbonyl (C=O) groups is 1. The summed E-state index contributed by atoms with van der Waals surface area (Å²) in [6.45, 7) is 5.57. The van der Waals surface area contributed by atoms with E-state index in [-0.39, 0.29) is 17.4 Å². The number of aromatic amines is 1. The highest BCUT2D eigenvalue weighted by atomic mass is 79.9. The molecule has 3 N–H and O–H groups in total. The van der Waals surface area contributed by atoms with Crippen LogP contribution in [0, 0.1) is 5.41 Å². The van der Waals surface area contributed by atoms with Gasteiger partial charge in [-0.1, -0.05) is 41.9 Å². The molecular formula is C17H21BrN4O. The second-order valence-electron chi connectivity index (χ2n) is 6.78. The van der Waals surface area contributed by atoms with Gasteiger partial charge in [-0.15, -0.1) is 0 Å². The van der Waals surface area contributed by atoms with Gasteiger partial charge in [0.15, 0.2) is 0 Å². The van der Waals surface area contributed by atoms with Gasteiger partial charge < -0.3 is 10.6 Å². The van der Waals surface area contributed by atoms with Crippen molar-refractivity contribution in [2.45, 2.75) is 26.3 Å². The monoisotopic (exact) mass is 376 g/mol. The van der Waals surface area contributed by atoms with E-state index in [9.17, 15) is 4.79 Å².